The van der Waals surface area contributed by atoms with Gasteiger partial charge in [-0.1, -0.05) is 66.7 Å². The molecule has 0 heterocycles. The van der Waals surface area contributed by atoms with E-state index in [0.717, 1.165) is 11.1 Å². The lowest BCUT2D eigenvalue weighted by Crippen LogP contribution is -2.07. The number of para-hydroxylation sites is 1. The lowest BCUT2D eigenvalue weighted by atomic mass is 9.98. The summed E-state index contributed by atoms with van der Waals surface area (Å²) in [6.07, 6.45) is 0. The van der Waals surface area contributed by atoms with Gasteiger partial charge >= 0.3 is 0 Å². The summed E-state index contributed by atoms with van der Waals surface area (Å²) in [7, 11) is 0. The standard InChI is InChI=1S/C21H18O2/c1-16-9-5-6-12-18(16)21(22)19-13-7-8-14-20(19)23-15-17-10-3-2-4-11-17/h2-14H,15H2,1H3. The van der Waals surface area contributed by atoms with E-state index in [2.05, 4.69) is 0 Å². The van der Waals surface area contributed by atoms with Crippen molar-refractivity contribution in [2.24, 2.45) is 0 Å². The van der Waals surface area contributed by atoms with Crippen molar-refractivity contribution in [2.45, 2.75) is 13.5 Å². The number of ketones is 1. The molecule has 3 aromatic rings. The first kappa shape index (κ1) is 15.0. The third-order valence-corrected chi connectivity index (χ3v) is 3.76. The predicted molar refractivity (Wildman–Crippen MR) is 91.8 cm³/mol. The molecule has 0 saturated carbocycles. The van der Waals surface area contributed by atoms with E-state index < -0.39 is 0 Å². The van der Waals surface area contributed by atoms with Crippen LogP contribution >= 0.6 is 0 Å². The Hall–Kier alpha value is -2.87. The van der Waals surface area contributed by atoms with Gasteiger partial charge in [0.25, 0.3) is 0 Å². The predicted octanol–water partition coefficient (Wildman–Crippen LogP) is 4.81. The van der Waals surface area contributed by atoms with Crippen molar-refractivity contribution >= 4 is 5.78 Å². The Bertz CT molecular complexity index is 807. The van der Waals surface area contributed by atoms with Crippen LogP contribution in [0.3, 0.4) is 0 Å². The lowest BCUT2D eigenvalue weighted by molar-refractivity contribution is 0.103. The van der Waals surface area contributed by atoms with Crippen LogP contribution in [0.25, 0.3) is 0 Å². The Kier molecular flexibility index (Phi) is 4.53. The van der Waals surface area contributed by atoms with Crippen molar-refractivity contribution in [1.82, 2.24) is 0 Å². The van der Waals surface area contributed by atoms with E-state index in [1.807, 2.05) is 85.8 Å². The van der Waals surface area contributed by atoms with Crippen molar-refractivity contribution in [1.29, 1.82) is 0 Å². The highest BCUT2D eigenvalue weighted by Gasteiger charge is 2.15. The zero-order valence-corrected chi connectivity index (χ0v) is 13.0. The molecule has 3 rings (SSSR count). The van der Waals surface area contributed by atoms with E-state index in [1.54, 1.807) is 0 Å². The number of benzene rings is 3. The second-order valence-electron chi connectivity index (χ2n) is 5.41. The maximum absolute atomic E-state index is 12.8. The Morgan fingerprint density at radius 3 is 2.13 bits per heavy atom. The van der Waals surface area contributed by atoms with E-state index in [4.69, 9.17) is 4.74 Å². The van der Waals surface area contributed by atoms with Gasteiger partial charge in [-0.3, -0.25) is 4.79 Å². The van der Waals surface area contributed by atoms with Gasteiger partial charge in [0, 0.05) is 5.56 Å². The Labute approximate surface area is 136 Å². The number of hydrogen-bond donors (Lipinski definition) is 0. The summed E-state index contributed by atoms with van der Waals surface area (Å²) >= 11 is 0. The van der Waals surface area contributed by atoms with Crippen LogP contribution in [0.2, 0.25) is 0 Å². The molecule has 2 heteroatoms. The topological polar surface area (TPSA) is 26.3 Å². The van der Waals surface area contributed by atoms with E-state index in [-0.39, 0.29) is 5.78 Å². The number of hydrogen-bond acceptors (Lipinski definition) is 2. The van der Waals surface area contributed by atoms with Crippen molar-refractivity contribution in [3.05, 3.63) is 101 Å². The molecule has 0 saturated heterocycles. The minimum atomic E-state index is -0.00763. The largest absolute Gasteiger partial charge is 0.488 e. The molecule has 0 spiro atoms. The number of carbonyl (C=O) groups is 1. The lowest BCUT2D eigenvalue weighted by Gasteiger charge is -2.12. The van der Waals surface area contributed by atoms with E-state index in [0.29, 0.717) is 23.5 Å². The van der Waals surface area contributed by atoms with E-state index in [1.165, 1.54) is 0 Å². The van der Waals surface area contributed by atoms with Gasteiger partial charge in [0.05, 0.1) is 5.56 Å². The first-order valence-corrected chi connectivity index (χ1v) is 7.62. The van der Waals surface area contributed by atoms with Gasteiger partial charge in [-0.2, -0.15) is 0 Å². The van der Waals surface area contributed by atoms with Crippen LogP contribution in [0, 0.1) is 6.92 Å². The van der Waals surface area contributed by atoms with Crippen LogP contribution in [-0.4, -0.2) is 5.78 Å². The Morgan fingerprint density at radius 1 is 0.783 bits per heavy atom. The molecule has 0 aromatic heterocycles. The fraction of sp³-hybridized carbons (Fsp3) is 0.0952. The molecule has 114 valence electrons. The zero-order valence-electron chi connectivity index (χ0n) is 13.0. The maximum atomic E-state index is 12.8. The molecule has 0 unspecified atom stereocenters. The molecule has 0 bridgehead atoms. The number of rotatable bonds is 5. The quantitative estimate of drug-likeness (QED) is 0.632. The molecule has 0 amide bonds. The van der Waals surface area contributed by atoms with E-state index in [9.17, 15) is 4.79 Å². The van der Waals surface area contributed by atoms with Gasteiger partial charge in [0.15, 0.2) is 5.78 Å². The van der Waals surface area contributed by atoms with Crippen molar-refractivity contribution in [2.75, 3.05) is 0 Å². The molecule has 0 atom stereocenters. The van der Waals surface area contributed by atoms with Gasteiger partial charge in [-0.05, 0) is 30.2 Å². The number of carbonyl (C=O) groups excluding carboxylic acids is 1. The molecule has 23 heavy (non-hydrogen) atoms. The Morgan fingerprint density at radius 2 is 1.39 bits per heavy atom. The van der Waals surface area contributed by atoms with Crippen LogP contribution in [0.15, 0.2) is 78.9 Å². The monoisotopic (exact) mass is 302 g/mol. The van der Waals surface area contributed by atoms with Gasteiger partial charge < -0.3 is 4.74 Å². The van der Waals surface area contributed by atoms with Crippen LogP contribution in [0.4, 0.5) is 0 Å². The smallest absolute Gasteiger partial charge is 0.197 e. The molecule has 0 aliphatic rings. The van der Waals surface area contributed by atoms with Crippen LogP contribution in [0.1, 0.15) is 27.0 Å². The van der Waals surface area contributed by atoms with Crippen molar-refractivity contribution < 1.29 is 9.53 Å². The summed E-state index contributed by atoms with van der Waals surface area (Å²) in [6.45, 7) is 2.39. The molecule has 0 N–H and O–H groups in total. The molecule has 2 nitrogen and oxygen atoms in total. The average Bonchev–Trinajstić information content (AvgIpc) is 2.61. The number of aryl methyl sites for hydroxylation is 1. The first-order chi connectivity index (χ1) is 11.3. The van der Waals surface area contributed by atoms with Gasteiger partial charge in [-0.15, -0.1) is 0 Å². The minimum Gasteiger partial charge on any atom is -0.488 e. The normalized spacial score (nSPS) is 10.3. The number of ether oxygens (including phenoxy) is 1. The van der Waals surface area contributed by atoms with Crippen LogP contribution in [0.5, 0.6) is 5.75 Å². The maximum Gasteiger partial charge on any atom is 0.197 e. The fourth-order valence-corrected chi connectivity index (χ4v) is 2.49. The second-order valence-corrected chi connectivity index (χ2v) is 5.41. The summed E-state index contributed by atoms with van der Waals surface area (Å²) < 4.78 is 5.88. The third kappa shape index (κ3) is 3.49. The molecular formula is C21H18O2. The summed E-state index contributed by atoms with van der Waals surface area (Å²) in [5, 5.41) is 0. The van der Waals surface area contributed by atoms with Crippen LogP contribution < -0.4 is 4.74 Å². The highest BCUT2D eigenvalue weighted by atomic mass is 16.5. The Balaban J connectivity index is 1.86. The highest BCUT2D eigenvalue weighted by molar-refractivity contribution is 6.11. The second kappa shape index (κ2) is 6.93. The molecule has 0 aliphatic heterocycles. The zero-order chi connectivity index (χ0) is 16.1. The fourth-order valence-electron chi connectivity index (χ4n) is 2.49. The minimum absolute atomic E-state index is 0.00763. The van der Waals surface area contributed by atoms with Gasteiger partial charge in [0.2, 0.25) is 0 Å². The molecule has 0 fully saturated rings. The summed E-state index contributed by atoms with van der Waals surface area (Å²) in [5.74, 6) is 0.608. The van der Waals surface area contributed by atoms with Crippen LogP contribution in [-0.2, 0) is 6.61 Å². The molecule has 0 radical (unpaired) electrons. The molecule has 0 aliphatic carbocycles. The third-order valence-electron chi connectivity index (χ3n) is 3.76. The molecular weight excluding hydrogens is 284 g/mol. The highest BCUT2D eigenvalue weighted by Crippen LogP contribution is 2.23. The van der Waals surface area contributed by atoms with Crippen molar-refractivity contribution in [3.63, 3.8) is 0 Å². The summed E-state index contributed by atoms with van der Waals surface area (Å²) in [6, 6.07) is 25.0. The van der Waals surface area contributed by atoms with Crippen molar-refractivity contribution in [3.8, 4) is 5.75 Å². The van der Waals surface area contributed by atoms with Gasteiger partial charge in [0.1, 0.15) is 12.4 Å². The average molecular weight is 302 g/mol. The summed E-state index contributed by atoms with van der Waals surface area (Å²) in [5.41, 5.74) is 3.35. The first-order valence-electron chi connectivity index (χ1n) is 7.62. The van der Waals surface area contributed by atoms with Gasteiger partial charge in [-0.25, -0.2) is 0 Å². The van der Waals surface area contributed by atoms with E-state index >= 15 is 0 Å². The summed E-state index contributed by atoms with van der Waals surface area (Å²) in [4.78, 5) is 12.8. The molecule has 3 aromatic carbocycles. The SMILES string of the molecule is Cc1ccccc1C(=O)c1ccccc1OCc1ccccc1.